The second-order valence-corrected chi connectivity index (χ2v) is 3.32. The number of hydrogen-bond acceptors (Lipinski definition) is 1. The van der Waals surface area contributed by atoms with E-state index in [1.807, 2.05) is 0 Å². The maximum atomic E-state index is 13.4. The Morgan fingerprint density at radius 2 is 1.94 bits per heavy atom. The maximum absolute atomic E-state index is 13.4. The van der Waals surface area contributed by atoms with Crippen LogP contribution in [0.4, 0.5) is 17.6 Å². The number of hydrogen-bond donors (Lipinski definition) is 0. The number of halogens is 4. The SMILES string of the molecule is Fc1cnc(-c2cc[c]c(C(F)F)c2)c(F)c1. The summed E-state index contributed by atoms with van der Waals surface area (Å²) in [5.41, 5.74) is -0.355. The fourth-order valence-electron chi connectivity index (χ4n) is 1.39. The van der Waals surface area contributed by atoms with Gasteiger partial charge in [-0.05, 0) is 12.1 Å². The molecule has 5 heteroatoms. The number of benzene rings is 1. The van der Waals surface area contributed by atoms with Gasteiger partial charge in [-0.2, -0.15) is 0 Å². The molecule has 0 saturated heterocycles. The van der Waals surface area contributed by atoms with Crippen LogP contribution in [0.5, 0.6) is 0 Å². The number of aromatic nitrogens is 1. The van der Waals surface area contributed by atoms with E-state index >= 15 is 0 Å². The summed E-state index contributed by atoms with van der Waals surface area (Å²) < 4.78 is 50.9. The molecule has 1 aromatic carbocycles. The first-order chi connectivity index (χ1) is 8.08. The van der Waals surface area contributed by atoms with Crippen LogP contribution < -0.4 is 0 Å². The van der Waals surface area contributed by atoms with Gasteiger partial charge in [0.15, 0.2) is 5.82 Å². The molecular formula is C12H6F4N. The standard InChI is InChI=1S/C12H6F4N/c13-9-5-10(14)11(17-6-9)7-2-1-3-8(4-7)12(15)16/h1-2,4-6,12H. The average Bonchev–Trinajstić information content (AvgIpc) is 2.29. The highest BCUT2D eigenvalue weighted by atomic mass is 19.3. The largest absolute Gasteiger partial charge is 0.264 e. The predicted molar refractivity (Wildman–Crippen MR) is 53.4 cm³/mol. The van der Waals surface area contributed by atoms with Gasteiger partial charge in [0.05, 0.1) is 6.20 Å². The number of rotatable bonds is 2. The van der Waals surface area contributed by atoms with Crippen molar-refractivity contribution in [1.29, 1.82) is 0 Å². The Hall–Kier alpha value is -1.91. The van der Waals surface area contributed by atoms with Crippen LogP contribution in [0.15, 0.2) is 30.5 Å². The molecule has 0 saturated carbocycles. The lowest BCUT2D eigenvalue weighted by Crippen LogP contribution is -1.92. The summed E-state index contributed by atoms with van der Waals surface area (Å²) in [7, 11) is 0. The van der Waals surface area contributed by atoms with Gasteiger partial charge in [0.2, 0.25) is 0 Å². The molecule has 2 rings (SSSR count). The molecule has 1 nitrogen and oxygen atoms in total. The Morgan fingerprint density at radius 1 is 1.18 bits per heavy atom. The van der Waals surface area contributed by atoms with Crippen molar-refractivity contribution in [1.82, 2.24) is 4.98 Å². The van der Waals surface area contributed by atoms with Gasteiger partial charge in [-0.3, -0.25) is 4.98 Å². The van der Waals surface area contributed by atoms with Crippen LogP contribution in [-0.4, -0.2) is 4.98 Å². The molecule has 0 unspecified atom stereocenters. The highest BCUT2D eigenvalue weighted by molar-refractivity contribution is 5.60. The van der Waals surface area contributed by atoms with Crippen LogP contribution in [0.3, 0.4) is 0 Å². The third-order valence-electron chi connectivity index (χ3n) is 2.14. The van der Waals surface area contributed by atoms with Gasteiger partial charge in [-0.25, -0.2) is 17.6 Å². The van der Waals surface area contributed by atoms with Gasteiger partial charge in [0.1, 0.15) is 11.5 Å². The Morgan fingerprint density at radius 3 is 2.59 bits per heavy atom. The zero-order chi connectivity index (χ0) is 12.4. The summed E-state index contributed by atoms with van der Waals surface area (Å²) in [5, 5.41) is 0. The van der Waals surface area contributed by atoms with Gasteiger partial charge in [0.25, 0.3) is 6.43 Å². The van der Waals surface area contributed by atoms with E-state index in [0.717, 1.165) is 12.3 Å². The Labute approximate surface area is 94.7 Å². The highest BCUT2D eigenvalue weighted by Crippen LogP contribution is 2.25. The van der Waals surface area contributed by atoms with Gasteiger partial charge < -0.3 is 0 Å². The van der Waals surface area contributed by atoms with Gasteiger partial charge in [-0.1, -0.05) is 12.1 Å². The van der Waals surface area contributed by atoms with E-state index in [-0.39, 0.29) is 16.8 Å². The van der Waals surface area contributed by atoms with Crippen molar-refractivity contribution in [2.45, 2.75) is 6.43 Å². The van der Waals surface area contributed by atoms with Crippen molar-refractivity contribution in [2.24, 2.45) is 0 Å². The van der Waals surface area contributed by atoms with Crippen LogP contribution in [-0.2, 0) is 0 Å². The third-order valence-corrected chi connectivity index (χ3v) is 2.14. The first kappa shape index (κ1) is 11.6. The molecule has 1 aromatic heterocycles. The Bertz CT molecular complexity index is 540. The van der Waals surface area contributed by atoms with Crippen molar-refractivity contribution in [3.63, 3.8) is 0 Å². The van der Waals surface area contributed by atoms with Crippen molar-refractivity contribution < 1.29 is 17.6 Å². The van der Waals surface area contributed by atoms with Gasteiger partial charge in [-0.15, -0.1) is 0 Å². The summed E-state index contributed by atoms with van der Waals surface area (Å²) in [5.74, 6) is -1.71. The fraction of sp³-hybridized carbons (Fsp3) is 0.0833. The molecular weight excluding hydrogens is 234 g/mol. The van der Waals surface area contributed by atoms with Crippen LogP contribution in [0, 0.1) is 17.7 Å². The summed E-state index contributed by atoms with van der Waals surface area (Å²) in [6, 6.07) is 6.70. The molecule has 17 heavy (non-hydrogen) atoms. The van der Waals surface area contributed by atoms with E-state index in [0.29, 0.717) is 6.07 Å². The highest BCUT2D eigenvalue weighted by Gasteiger charge is 2.12. The second-order valence-electron chi connectivity index (χ2n) is 3.32. The van der Waals surface area contributed by atoms with Crippen molar-refractivity contribution >= 4 is 0 Å². The number of pyridine rings is 1. The Kier molecular flexibility index (Phi) is 3.08. The van der Waals surface area contributed by atoms with E-state index in [2.05, 4.69) is 11.1 Å². The summed E-state index contributed by atoms with van der Waals surface area (Å²) in [6.45, 7) is 0. The number of nitrogens with zero attached hydrogens (tertiary/aromatic N) is 1. The minimum Gasteiger partial charge on any atom is -0.250 e. The molecule has 87 valence electrons. The molecule has 0 N–H and O–H groups in total. The predicted octanol–water partition coefficient (Wildman–Crippen LogP) is 3.76. The topological polar surface area (TPSA) is 12.9 Å². The van der Waals surface area contributed by atoms with Crippen LogP contribution in [0.25, 0.3) is 11.3 Å². The summed E-state index contributed by atoms with van der Waals surface area (Å²) in [6.07, 6.45) is -1.87. The Balaban J connectivity index is 2.49. The fourth-order valence-corrected chi connectivity index (χ4v) is 1.39. The van der Waals surface area contributed by atoms with Crippen molar-refractivity contribution in [2.75, 3.05) is 0 Å². The molecule has 0 spiro atoms. The lowest BCUT2D eigenvalue weighted by molar-refractivity contribution is 0.151. The normalized spacial score (nSPS) is 10.9. The van der Waals surface area contributed by atoms with Crippen LogP contribution >= 0.6 is 0 Å². The zero-order valence-corrected chi connectivity index (χ0v) is 8.42. The zero-order valence-electron chi connectivity index (χ0n) is 8.42. The van der Waals surface area contributed by atoms with E-state index in [1.165, 1.54) is 12.1 Å². The maximum Gasteiger partial charge on any atom is 0.264 e. The molecule has 0 fully saturated rings. The van der Waals surface area contributed by atoms with E-state index < -0.39 is 18.1 Å². The summed E-state index contributed by atoms with van der Waals surface area (Å²) in [4.78, 5) is 3.54. The number of alkyl halides is 2. The van der Waals surface area contributed by atoms with Gasteiger partial charge in [0, 0.05) is 17.2 Å². The van der Waals surface area contributed by atoms with Crippen molar-refractivity contribution in [3.8, 4) is 11.3 Å². The molecule has 0 aliphatic heterocycles. The van der Waals surface area contributed by atoms with E-state index in [9.17, 15) is 17.6 Å². The minimum absolute atomic E-state index is 0.163. The lowest BCUT2D eigenvalue weighted by atomic mass is 10.1. The molecule has 0 aliphatic rings. The molecule has 0 amide bonds. The first-order valence-corrected chi connectivity index (χ1v) is 4.69. The van der Waals surface area contributed by atoms with Crippen molar-refractivity contribution in [3.05, 3.63) is 53.7 Å². The lowest BCUT2D eigenvalue weighted by Gasteiger charge is -2.04. The van der Waals surface area contributed by atoms with Crippen LogP contribution in [0.2, 0.25) is 0 Å². The molecule has 1 radical (unpaired) electrons. The molecule has 0 atom stereocenters. The smallest absolute Gasteiger partial charge is 0.250 e. The average molecular weight is 240 g/mol. The molecule has 0 bridgehead atoms. The van der Waals surface area contributed by atoms with Crippen LogP contribution in [0.1, 0.15) is 12.0 Å². The second kappa shape index (κ2) is 4.53. The van der Waals surface area contributed by atoms with E-state index in [1.54, 1.807) is 0 Å². The monoisotopic (exact) mass is 240 g/mol. The molecule has 0 aliphatic carbocycles. The minimum atomic E-state index is -2.70. The first-order valence-electron chi connectivity index (χ1n) is 4.69. The molecule has 2 aromatic rings. The van der Waals surface area contributed by atoms with Gasteiger partial charge >= 0.3 is 0 Å². The quantitative estimate of drug-likeness (QED) is 0.728. The van der Waals surface area contributed by atoms with E-state index in [4.69, 9.17) is 0 Å². The molecule has 1 heterocycles. The summed E-state index contributed by atoms with van der Waals surface area (Å²) >= 11 is 0. The third kappa shape index (κ3) is 2.43.